The molecule has 0 saturated carbocycles. The highest BCUT2D eigenvalue weighted by atomic mass is 35.5. The van der Waals surface area contributed by atoms with Gasteiger partial charge in [-0.15, -0.1) is 11.6 Å². The first-order valence-corrected chi connectivity index (χ1v) is 8.21. The van der Waals surface area contributed by atoms with E-state index in [2.05, 4.69) is 24.3 Å². The second-order valence-corrected chi connectivity index (χ2v) is 5.72. The molecule has 0 aliphatic carbocycles. The highest BCUT2D eigenvalue weighted by molar-refractivity contribution is 6.17. The molecule has 0 fully saturated rings. The number of halogens is 1. The zero-order valence-electron chi connectivity index (χ0n) is 12.8. The van der Waals surface area contributed by atoms with Gasteiger partial charge in [0.1, 0.15) is 0 Å². The third kappa shape index (κ3) is 6.61. The normalized spacial score (nSPS) is 11.0. The van der Waals surface area contributed by atoms with Crippen LogP contribution >= 0.6 is 11.6 Å². The van der Waals surface area contributed by atoms with Gasteiger partial charge in [0.15, 0.2) is 0 Å². The molecule has 0 unspecified atom stereocenters. The van der Waals surface area contributed by atoms with Gasteiger partial charge in [-0.2, -0.15) is 0 Å². The van der Waals surface area contributed by atoms with E-state index in [0.29, 0.717) is 38.2 Å². The second-order valence-electron chi connectivity index (χ2n) is 5.35. The van der Waals surface area contributed by atoms with Crippen molar-refractivity contribution < 1.29 is 9.47 Å². The van der Waals surface area contributed by atoms with Gasteiger partial charge in [-0.25, -0.2) is 0 Å². The molecule has 3 heteroatoms. The van der Waals surface area contributed by atoms with E-state index in [1.54, 1.807) is 0 Å². The SMILES string of the molecule is ClCCC(COCc1ccccc1)COCc1ccccc1. The summed E-state index contributed by atoms with van der Waals surface area (Å²) in [4.78, 5) is 0. The number of hydrogen-bond acceptors (Lipinski definition) is 2. The molecule has 2 aromatic rings. The summed E-state index contributed by atoms with van der Waals surface area (Å²) < 4.78 is 11.6. The molecule has 0 heterocycles. The molecule has 0 aliphatic rings. The molecule has 0 bridgehead atoms. The van der Waals surface area contributed by atoms with Gasteiger partial charge in [0.2, 0.25) is 0 Å². The highest BCUT2D eigenvalue weighted by Crippen LogP contribution is 2.10. The average Bonchev–Trinajstić information content (AvgIpc) is 2.57. The molecule has 2 nitrogen and oxygen atoms in total. The second kappa shape index (κ2) is 10.4. The minimum Gasteiger partial charge on any atom is -0.376 e. The van der Waals surface area contributed by atoms with E-state index in [4.69, 9.17) is 21.1 Å². The summed E-state index contributed by atoms with van der Waals surface area (Å²) in [6.07, 6.45) is 0.908. The monoisotopic (exact) mass is 318 g/mol. The Balaban J connectivity index is 1.68. The molecule has 0 spiro atoms. The Bertz CT molecular complexity index is 456. The number of rotatable bonds is 10. The van der Waals surface area contributed by atoms with Crippen LogP contribution in [-0.4, -0.2) is 19.1 Å². The number of alkyl halides is 1. The predicted octanol–water partition coefficient (Wildman–Crippen LogP) is 4.67. The predicted molar refractivity (Wildman–Crippen MR) is 91.0 cm³/mol. The Labute approximate surface area is 138 Å². The summed E-state index contributed by atoms with van der Waals surface area (Å²) in [5, 5.41) is 0. The van der Waals surface area contributed by atoms with Gasteiger partial charge in [0.25, 0.3) is 0 Å². The van der Waals surface area contributed by atoms with Crippen LogP contribution in [0.15, 0.2) is 60.7 Å². The zero-order valence-corrected chi connectivity index (χ0v) is 13.5. The third-order valence-electron chi connectivity index (χ3n) is 3.45. The summed E-state index contributed by atoms with van der Waals surface area (Å²) in [7, 11) is 0. The van der Waals surface area contributed by atoms with E-state index in [0.717, 1.165) is 6.42 Å². The van der Waals surface area contributed by atoms with Gasteiger partial charge in [-0.3, -0.25) is 0 Å². The summed E-state index contributed by atoms with van der Waals surface area (Å²) in [5.41, 5.74) is 2.38. The molecule has 0 radical (unpaired) electrons. The van der Waals surface area contributed by atoms with Gasteiger partial charge >= 0.3 is 0 Å². The summed E-state index contributed by atoms with van der Waals surface area (Å²) in [6, 6.07) is 20.4. The van der Waals surface area contributed by atoms with Gasteiger partial charge < -0.3 is 9.47 Å². The van der Waals surface area contributed by atoms with Crippen LogP contribution in [0.5, 0.6) is 0 Å². The van der Waals surface area contributed by atoms with Crippen molar-refractivity contribution >= 4 is 11.6 Å². The van der Waals surface area contributed by atoms with Crippen LogP contribution in [0.1, 0.15) is 17.5 Å². The van der Waals surface area contributed by atoms with Crippen molar-refractivity contribution in [2.45, 2.75) is 19.6 Å². The van der Waals surface area contributed by atoms with E-state index in [1.165, 1.54) is 11.1 Å². The van der Waals surface area contributed by atoms with Crippen molar-refractivity contribution in [1.29, 1.82) is 0 Å². The maximum atomic E-state index is 5.88. The Kier molecular flexibility index (Phi) is 8.03. The molecule has 2 rings (SSSR count). The van der Waals surface area contributed by atoms with E-state index < -0.39 is 0 Å². The van der Waals surface area contributed by atoms with Crippen molar-refractivity contribution in [3.05, 3.63) is 71.8 Å². The van der Waals surface area contributed by atoms with Crippen LogP contribution in [-0.2, 0) is 22.7 Å². The molecule has 0 amide bonds. The molecule has 22 heavy (non-hydrogen) atoms. The molecule has 2 aromatic carbocycles. The van der Waals surface area contributed by atoms with Gasteiger partial charge in [-0.1, -0.05) is 60.7 Å². The lowest BCUT2D eigenvalue weighted by Gasteiger charge is -2.16. The first-order valence-electron chi connectivity index (χ1n) is 7.68. The fourth-order valence-electron chi connectivity index (χ4n) is 2.20. The van der Waals surface area contributed by atoms with Crippen LogP contribution in [0.3, 0.4) is 0 Å². The van der Waals surface area contributed by atoms with Crippen LogP contribution in [0.4, 0.5) is 0 Å². The molecule has 0 atom stereocenters. The molecule has 0 aromatic heterocycles. The Morgan fingerprint density at radius 2 is 1.18 bits per heavy atom. The average molecular weight is 319 g/mol. The smallest absolute Gasteiger partial charge is 0.0717 e. The van der Waals surface area contributed by atoms with Crippen molar-refractivity contribution in [2.24, 2.45) is 5.92 Å². The third-order valence-corrected chi connectivity index (χ3v) is 3.67. The van der Waals surface area contributed by atoms with E-state index in [1.807, 2.05) is 36.4 Å². The first kappa shape index (κ1) is 17.0. The summed E-state index contributed by atoms with van der Waals surface area (Å²) in [6.45, 7) is 2.63. The van der Waals surface area contributed by atoms with E-state index >= 15 is 0 Å². The first-order chi connectivity index (χ1) is 10.9. The van der Waals surface area contributed by atoms with E-state index in [9.17, 15) is 0 Å². The zero-order chi connectivity index (χ0) is 15.5. The van der Waals surface area contributed by atoms with Crippen molar-refractivity contribution in [3.63, 3.8) is 0 Å². The van der Waals surface area contributed by atoms with Crippen LogP contribution in [0.2, 0.25) is 0 Å². The van der Waals surface area contributed by atoms with Crippen molar-refractivity contribution in [3.8, 4) is 0 Å². The Hall–Kier alpha value is -1.35. The van der Waals surface area contributed by atoms with Crippen molar-refractivity contribution in [2.75, 3.05) is 19.1 Å². The molecule has 0 N–H and O–H groups in total. The molecular formula is C19H23ClO2. The van der Waals surface area contributed by atoms with Crippen molar-refractivity contribution in [1.82, 2.24) is 0 Å². The van der Waals surface area contributed by atoms with Gasteiger partial charge in [0, 0.05) is 11.8 Å². The molecule has 118 valence electrons. The highest BCUT2D eigenvalue weighted by Gasteiger charge is 2.09. The lowest BCUT2D eigenvalue weighted by molar-refractivity contribution is 0.0260. The summed E-state index contributed by atoms with van der Waals surface area (Å²) in [5.74, 6) is 0.971. The van der Waals surface area contributed by atoms with Crippen LogP contribution in [0, 0.1) is 5.92 Å². The lowest BCUT2D eigenvalue weighted by atomic mass is 10.1. The Morgan fingerprint density at radius 1 is 0.727 bits per heavy atom. The minimum atomic E-state index is 0.338. The van der Waals surface area contributed by atoms with Crippen LogP contribution in [0.25, 0.3) is 0 Å². The lowest BCUT2D eigenvalue weighted by Crippen LogP contribution is -2.17. The molecule has 0 saturated heterocycles. The van der Waals surface area contributed by atoms with E-state index in [-0.39, 0.29) is 0 Å². The number of benzene rings is 2. The fraction of sp³-hybridized carbons (Fsp3) is 0.368. The quantitative estimate of drug-likeness (QED) is 0.593. The van der Waals surface area contributed by atoms with Gasteiger partial charge in [0.05, 0.1) is 26.4 Å². The topological polar surface area (TPSA) is 18.5 Å². The maximum absolute atomic E-state index is 5.88. The van der Waals surface area contributed by atoms with Crippen LogP contribution < -0.4 is 0 Å². The Morgan fingerprint density at radius 3 is 1.59 bits per heavy atom. The standard InChI is InChI=1S/C19H23ClO2/c20-12-11-19(15-21-13-17-7-3-1-4-8-17)16-22-14-18-9-5-2-6-10-18/h1-10,19H,11-16H2. The minimum absolute atomic E-state index is 0.338. The summed E-state index contributed by atoms with van der Waals surface area (Å²) >= 11 is 5.88. The maximum Gasteiger partial charge on any atom is 0.0717 e. The molecular weight excluding hydrogens is 296 g/mol. The fourth-order valence-corrected chi connectivity index (χ4v) is 2.51. The number of ether oxygens (including phenoxy) is 2. The number of hydrogen-bond donors (Lipinski definition) is 0. The largest absolute Gasteiger partial charge is 0.376 e. The molecule has 0 aliphatic heterocycles. The van der Waals surface area contributed by atoms with Gasteiger partial charge in [-0.05, 0) is 17.5 Å².